The first-order valence-electron chi connectivity index (χ1n) is 9.16. The number of anilines is 1. The molecule has 0 radical (unpaired) electrons. The Kier molecular flexibility index (Phi) is 12.1. The number of likely N-dealkylation sites (N-methyl/N-ethyl adjacent to an activating group) is 1. The molecule has 1 aliphatic heterocycles. The fourth-order valence-corrected chi connectivity index (χ4v) is 3.18. The van der Waals surface area contributed by atoms with E-state index in [0.29, 0.717) is 32.5 Å². The van der Waals surface area contributed by atoms with Crippen LogP contribution in [0.5, 0.6) is 0 Å². The largest absolute Gasteiger partial charge is 0.399 e. The van der Waals surface area contributed by atoms with Gasteiger partial charge in [-0.05, 0) is 31.9 Å². The second-order valence-corrected chi connectivity index (χ2v) is 6.42. The fourth-order valence-electron chi connectivity index (χ4n) is 3.18. The molecule has 8 heteroatoms. The minimum atomic E-state index is 0. The first kappa shape index (κ1) is 25.5. The first-order chi connectivity index (χ1) is 12.0. The van der Waals surface area contributed by atoms with Crippen LogP contribution in [0.25, 0.3) is 0 Å². The molecule has 6 nitrogen and oxygen atoms in total. The summed E-state index contributed by atoms with van der Waals surface area (Å²) in [5.41, 5.74) is 7.70. The lowest BCUT2D eigenvalue weighted by molar-refractivity contribution is -0.135. The van der Waals surface area contributed by atoms with E-state index in [1.165, 1.54) is 0 Å². The van der Waals surface area contributed by atoms with E-state index in [9.17, 15) is 9.59 Å². The van der Waals surface area contributed by atoms with E-state index < -0.39 is 0 Å². The van der Waals surface area contributed by atoms with E-state index in [-0.39, 0.29) is 36.6 Å². The average molecular weight is 419 g/mol. The van der Waals surface area contributed by atoms with Crippen LogP contribution in [0, 0.1) is 0 Å². The molecule has 1 heterocycles. The predicted octanol–water partition coefficient (Wildman–Crippen LogP) is 2.06. The van der Waals surface area contributed by atoms with Gasteiger partial charge in [0.25, 0.3) is 0 Å². The van der Waals surface area contributed by atoms with Crippen molar-refractivity contribution in [3.8, 4) is 0 Å². The second-order valence-electron chi connectivity index (χ2n) is 6.42. The fraction of sp³-hybridized carbons (Fsp3) is 0.579. The number of amides is 2. The zero-order chi connectivity index (χ0) is 18.2. The lowest BCUT2D eigenvalue weighted by Crippen LogP contribution is -2.51. The molecule has 0 unspecified atom stereocenters. The topological polar surface area (TPSA) is 69.9 Å². The van der Waals surface area contributed by atoms with Gasteiger partial charge in [0.1, 0.15) is 0 Å². The molecule has 2 N–H and O–H groups in total. The Morgan fingerprint density at radius 3 is 2.19 bits per heavy atom. The number of hydrogen-bond donors (Lipinski definition) is 1. The number of nitrogens with two attached hydrogens (primary N) is 1. The molecule has 154 valence electrons. The van der Waals surface area contributed by atoms with Crippen LogP contribution in [-0.4, -0.2) is 72.3 Å². The third-order valence-corrected chi connectivity index (χ3v) is 4.86. The van der Waals surface area contributed by atoms with E-state index in [1.54, 1.807) is 0 Å². The van der Waals surface area contributed by atoms with Gasteiger partial charge in [0.2, 0.25) is 11.8 Å². The summed E-state index contributed by atoms with van der Waals surface area (Å²) in [6, 6.07) is 7.69. The van der Waals surface area contributed by atoms with E-state index in [0.717, 1.165) is 37.4 Å². The number of para-hydroxylation sites is 1. The molecule has 2 rings (SSSR count). The van der Waals surface area contributed by atoms with Crippen molar-refractivity contribution in [3.63, 3.8) is 0 Å². The highest BCUT2D eigenvalue weighted by atomic mass is 35.5. The summed E-state index contributed by atoms with van der Waals surface area (Å²) in [4.78, 5) is 30.5. The van der Waals surface area contributed by atoms with Crippen LogP contribution in [-0.2, 0) is 16.0 Å². The lowest BCUT2D eigenvalue weighted by atomic mass is 10.1. The zero-order valence-electron chi connectivity index (χ0n) is 16.2. The molecule has 0 spiro atoms. The highest BCUT2D eigenvalue weighted by molar-refractivity contribution is 5.85. The Morgan fingerprint density at radius 2 is 1.63 bits per heavy atom. The Hall–Kier alpha value is -1.50. The van der Waals surface area contributed by atoms with Crippen LogP contribution >= 0.6 is 24.8 Å². The summed E-state index contributed by atoms with van der Waals surface area (Å²) in [6.07, 6.45) is 1.15. The van der Waals surface area contributed by atoms with Gasteiger partial charge in [-0.2, -0.15) is 0 Å². The number of aryl methyl sites for hydroxylation is 1. The van der Waals surface area contributed by atoms with Crippen LogP contribution in [0.15, 0.2) is 24.3 Å². The number of carbonyl (C=O) groups is 2. The normalized spacial score (nSPS) is 14.1. The minimum Gasteiger partial charge on any atom is -0.399 e. The highest BCUT2D eigenvalue weighted by Crippen LogP contribution is 2.14. The van der Waals surface area contributed by atoms with Gasteiger partial charge in [0.05, 0.1) is 6.54 Å². The van der Waals surface area contributed by atoms with Gasteiger partial charge in [-0.3, -0.25) is 14.5 Å². The number of piperazine rings is 1. The number of benzene rings is 1. The molecule has 0 aliphatic carbocycles. The number of nitrogens with zero attached hydrogens (tertiary/aromatic N) is 3. The summed E-state index contributed by atoms with van der Waals surface area (Å²) in [5, 5.41) is 0. The molecule has 27 heavy (non-hydrogen) atoms. The lowest BCUT2D eigenvalue weighted by Gasteiger charge is -2.35. The molecule has 1 saturated heterocycles. The molecule has 0 bridgehead atoms. The van der Waals surface area contributed by atoms with Crippen molar-refractivity contribution in [1.29, 1.82) is 0 Å². The van der Waals surface area contributed by atoms with Crippen molar-refractivity contribution in [2.24, 2.45) is 0 Å². The van der Waals surface area contributed by atoms with Crippen molar-refractivity contribution in [1.82, 2.24) is 14.7 Å². The van der Waals surface area contributed by atoms with E-state index in [4.69, 9.17) is 5.73 Å². The number of rotatable bonds is 7. The molecule has 1 fully saturated rings. The van der Waals surface area contributed by atoms with Crippen LogP contribution in [0.1, 0.15) is 25.8 Å². The van der Waals surface area contributed by atoms with Gasteiger partial charge in [0.15, 0.2) is 0 Å². The van der Waals surface area contributed by atoms with Crippen molar-refractivity contribution < 1.29 is 9.59 Å². The standard InChI is InChI=1S/C19H30N4O2.2ClH/c1-3-22(4-2)19(25)15-21-11-13-23(14-12-21)18(24)10-9-16-7-5-6-8-17(16)20;;/h5-8H,3-4,9-15,20H2,1-2H3;2*1H. The van der Waals surface area contributed by atoms with E-state index in [2.05, 4.69) is 4.90 Å². The SMILES string of the molecule is CCN(CC)C(=O)CN1CCN(C(=O)CCc2ccccc2N)CC1.Cl.Cl. The van der Waals surface area contributed by atoms with Gasteiger partial charge in [-0.1, -0.05) is 18.2 Å². The van der Waals surface area contributed by atoms with Crippen LogP contribution < -0.4 is 5.73 Å². The maximum Gasteiger partial charge on any atom is 0.236 e. The summed E-state index contributed by atoms with van der Waals surface area (Å²) in [7, 11) is 0. The summed E-state index contributed by atoms with van der Waals surface area (Å²) >= 11 is 0. The molecule has 2 amide bonds. The van der Waals surface area contributed by atoms with Crippen molar-refractivity contribution in [2.45, 2.75) is 26.7 Å². The maximum atomic E-state index is 12.4. The number of hydrogen-bond acceptors (Lipinski definition) is 4. The van der Waals surface area contributed by atoms with Crippen molar-refractivity contribution in [3.05, 3.63) is 29.8 Å². The molecule has 0 atom stereocenters. The Bertz CT molecular complexity index is 589. The molecule has 1 aliphatic rings. The predicted molar refractivity (Wildman–Crippen MR) is 115 cm³/mol. The van der Waals surface area contributed by atoms with E-state index in [1.807, 2.05) is 47.9 Å². The van der Waals surface area contributed by atoms with Gasteiger partial charge in [0, 0.05) is 51.4 Å². The average Bonchev–Trinajstić information content (AvgIpc) is 2.62. The molecule has 1 aromatic rings. The van der Waals surface area contributed by atoms with Gasteiger partial charge in [-0.25, -0.2) is 0 Å². The quantitative estimate of drug-likeness (QED) is 0.687. The molecular formula is C19H32Cl2N4O2. The highest BCUT2D eigenvalue weighted by Gasteiger charge is 2.23. The second kappa shape index (κ2) is 12.8. The van der Waals surface area contributed by atoms with Crippen LogP contribution in [0.3, 0.4) is 0 Å². The van der Waals surface area contributed by atoms with Crippen LogP contribution in [0.2, 0.25) is 0 Å². The van der Waals surface area contributed by atoms with Crippen molar-refractivity contribution in [2.75, 3.05) is 51.5 Å². The maximum absolute atomic E-state index is 12.4. The smallest absolute Gasteiger partial charge is 0.236 e. The van der Waals surface area contributed by atoms with Crippen molar-refractivity contribution >= 4 is 42.3 Å². The summed E-state index contributed by atoms with van der Waals surface area (Å²) in [5.74, 6) is 0.335. The van der Waals surface area contributed by atoms with Gasteiger partial charge in [-0.15, -0.1) is 24.8 Å². The summed E-state index contributed by atoms with van der Waals surface area (Å²) in [6.45, 7) is 8.83. The molecule has 0 saturated carbocycles. The Balaban J connectivity index is 0.00000338. The monoisotopic (exact) mass is 418 g/mol. The Labute approximate surface area is 174 Å². The third-order valence-electron chi connectivity index (χ3n) is 4.86. The number of carbonyl (C=O) groups excluding carboxylic acids is 2. The molecule has 1 aromatic carbocycles. The minimum absolute atomic E-state index is 0. The first-order valence-corrected chi connectivity index (χ1v) is 9.16. The van der Waals surface area contributed by atoms with Crippen LogP contribution in [0.4, 0.5) is 5.69 Å². The number of halogens is 2. The van der Waals surface area contributed by atoms with Gasteiger partial charge >= 0.3 is 0 Å². The van der Waals surface area contributed by atoms with Gasteiger partial charge < -0.3 is 15.5 Å². The molecular weight excluding hydrogens is 387 g/mol. The molecule has 0 aromatic heterocycles. The number of nitrogen functional groups attached to an aromatic ring is 1. The van der Waals surface area contributed by atoms with E-state index >= 15 is 0 Å². The Morgan fingerprint density at radius 1 is 1.04 bits per heavy atom. The zero-order valence-corrected chi connectivity index (χ0v) is 17.9. The third kappa shape index (κ3) is 7.56. The summed E-state index contributed by atoms with van der Waals surface area (Å²) < 4.78 is 0.